The van der Waals surface area contributed by atoms with Crippen LogP contribution in [0.4, 0.5) is 0 Å². The normalized spacial score (nSPS) is 10.8. The van der Waals surface area contributed by atoms with Crippen molar-refractivity contribution >= 4 is 73.2 Å². The monoisotopic (exact) mass is 660 g/mol. The van der Waals surface area contributed by atoms with Crippen molar-refractivity contribution in [2.24, 2.45) is 5.10 Å². The molecular weight excluding hydrogens is 646 g/mol. The molecule has 0 spiro atoms. The Kier molecular flexibility index (Phi) is 7.86. The molecule has 0 aromatic heterocycles. The summed E-state index contributed by atoms with van der Waals surface area (Å²) in [6.45, 7) is 0.517. The van der Waals surface area contributed by atoms with Gasteiger partial charge >= 0.3 is 0 Å². The minimum atomic E-state index is -0.254. The number of amides is 1. The molecule has 1 N–H and O–H groups in total. The Hall–Kier alpha value is -1.46. The highest BCUT2D eigenvalue weighted by Gasteiger charge is 2.09. The van der Waals surface area contributed by atoms with E-state index in [1.54, 1.807) is 18.3 Å². The first-order valence-electron chi connectivity index (χ1n) is 8.27. The number of carbonyl (C=O) groups excluding carboxylic acids is 1. The minimum Gasteiger partial charge on any atom is -0.487 e. The quantitative estimate of drug-likeness (QED) is 0.200. The Morgan fingerprint density at radius 1 is 1.04 bits per heavy atom. The lowest BCUT2D eigenvalue weighted by molar-refractivity contribution is 0.0955. The third-order valence-corrected chi connectivity index (χ3v) is 5.86. The summed E-state index contributed by atoms with van der Waals surface area (Å²) in [6.07, 6.45) is 1.63. The Balaban J connectivity index is 1.64. The summed E-state index contributed by atoms with van der Waals surface area (Å²) in [6, 6.07) is 21.1. The molecule has 0 atom stereocenters. The highest BCUT2D eigenvalue weighted by atomic mass is 127. The van der Waals surface area contributed by atoms with E-state index in [1.165, 1.54) is 0 Å². The first kappa shape index (κ1) is 21.3. The van der Waals surface area contributed by atoms with Crippen LogP contribution in [0, 0.1) is 7.14 Å². The van der Waals surface area contributed by atoms with E-state index in [1.807, 2.05) is 54.6 Å². The fourth-order valence-electron chi connectivity index (χ4n) is 2.35. The highest BCUT2D eigenvalue weighted by molar-refractivity contribution is 14.1. The number of ether oxygens (including phenoxy) is 1. The van der Waals surface area contributed by atoms with E-state index in [4.69, 9.17) is 4.74 Å². The molecule has 3 aromatic rings. The second-order valence-electron chi connectivity index (χ2n) is 5.79. The van der Waals surface area contributed by atoms with Crippen LogP contribution in [0.5, 0.6) is 5.75 Å². The number of benzene rings is 3. The third-order valence-electron chi connectivity index (χ3n) is 3.73. The molecule has 0 aliphatic rings. The molecule has 0 heterocycles. The first-order valence-corrected chi connectivity index (χ1v) is 11.2. The maximum Gasteiger partial charge on any atom is 0.271 e. The molecule has 0 fully saturated rings. The van der Waals surface area contributed by atoms with Crippen molar-refractivity contribution in [1.29, 1.82) is 0 Å². The topological polar surface area (TPSA) is 50.7 Å². The molecule has 142 valence electrons. The number of hydrazone groups is 1. The average Bonchev–Trinajstić information content (AvgIpc) is 2.68. The zero-order chi connectivity index (χ0) is 19.9. The van der Waals surface area contributed by atoms with E-state index in [2.05, 4.69) is 71.6 Å². The summed E-state index contributed by atoms with van der Waals surface area (Å²) < 4.78 is 8.88. The fourth-order valence-corrected chi connectivity index (χ4v) is 4.74. The van der Waals surface area contributed by atoms with Gasteiger partial charge in [0.25, 0.3) is 5.91 Å². The molecule has 0 aliphatic heterocycles. The van der Waals surface area contributed by atoms with Crippen LogP contribution in [0.1, 0.15) is 21.5 Å². The molecule has 0 saturated carbocycles. The standard InChI is InChI=1S/C21H15BrI2N2O2/c22-17-8-6-16(7-9-17)21(27)26-25-12-15-10-18(23)20(19(24)11-15)28-13-14-4-2-1-3-5-14/h1-12H,13H2,(H,26,27). The lowest BCUT2D eigenvalue weighted by atomic mass is 10.2. The molecule has 4 nitrogen and oxygen atoms in total. The van der Waals surface area contributed by atoms with Crippen molar-refractivity contribution in [1.82, 2.24) is 5.43 Å². The van der Waals surface area contributed by atoms with Gasteiger partial charge < -0.3 is 4.74 Å². The smallest absolute Gasteiger partial charge is 0.271 e. The van der Waals surface area contributed by atoms with Crippen molar-refractivity contribution in [3.63, 3.8) is 0 Å². The number of nitrogens with one attached hydrogen (secondary N) is 1. The number of nitrogens with zero attached hydrogens (tertiary/aromatic N) is 1. The van der Waals surface area contributed by atoms with Crippen LogP contribution in [0.2, 0.25) is 0 Å². The molecule has 1 amide bonds. The van der Waals surface area contributed by atoms with E-state index in [0.717, 1.165) is 28.5 Å². The number of hydrogen-bond acceptors (Lipinski definition) is 3. The number of hydrogen-bond donors (Lipinski definition) is 1. The summed E-state index contributed by atoms with van der Waals surface area (Å²) in [5.41, 5.74) is 5.10. The Bertz CT molecular complexity index is 970. The van der Waals surface area contributed by atoms with Gasteiger partial charge in [0.05, 0.1) is 13.4 Å². The van der Waals surface area contributed by atoms with Gasteiger partial charge in [-0.1, -0.05) is 46.3 Å². The van der Waals surface area contributed by atoms with Crippen LogP contribution in [-0.4, -0.2) is 12.1 Å². The maximum atomic E-state index is 12.1. The van der Waals surface area contributed by atoms with Crippen LogP contribution in [0.25, 0.3) is 0 Å². The summed E-state index contributed by atoms with van der Waals surface area (Å²) in [5.74, 6) is 0.594. The van der Waals surface area contributed by atoms with Crippen molar-refractivity contribution < 1.29 is 9.53 Å². The third kappa shape index (κ3) is 6.02. The van der Waals surface area contributed by atoms with Gasteiger partial charge in [0.15, 0.2) is 0 Å². The Labute approximate surface area is 199 Å². The van der Waals surface area contributed by atoms with E-state index >= 15 is 0 Å². The molecule has 7 heteroatoms. The van der Waals surface area contributed by atoms with Gasteiger partial charge in [0, 0.05) is 10.0 Å². The van der Waals surface area contributed by atoms with Crippen LogP contribution < -0.4 is 10.2 Å². The summed E-state index contributed by atoms with van der Waals surface area (Å²) in [4.78, 5) is 12.1. The molecule has 0 unspecified atom stereocenters. The molecule has 0 bridgehead atoms. The highest BCUT2D eigenvalue weighted by Crippen LogP contribution is 2.29. The van der Waals surface area contributed by atoms with Crippen molar-refractivity contribution in [3.05, 3.63) is 95.0 Å². The van der Waals surface area contributed by atoms with E-state index < -0.39 is 0 Å². The van der Waals surface area contributed by atoms with Gasteiger partial charge in [0.1, 0.15) is 12.4 Å². The second kappa shape index (κ2) is 10.4. The lowest BCUT2D eigenvalue weighted by Crippen LogP contribution is -2.17. The van der Waals surface area contributed by atoms with Crippen LogP contribution >= 0.6 is 61.1 Å². The van der Waals surface area contributed by atoms with Crippen LogP contribution in [-0.2, 0) is 6.61 Å². The molecule has 3 rings (SSSR count). The second-order valence-corrected chi connectivity index (χ2v) is 9.03. The Morgan fingerprint density at radius 2 is 1.68 bits per heavy atom. The SMILES string of the molecule is O=C(NN=Cc1cc(I)c(OCc2ccccc2)c(I)c1)c1ccc(Br)cc1. The maximum absolute atomic E-state index is 12.1. The van der Waals surface area contributed by atoms with E-state index in [0.29, 0.717) is 12.2 Å². The minimum absolute atomic E-state index is 0.254. The first-order chi connectivity index (χ1) is 13.5. The van der Waals surface area contributed by atoms with Crippen LogP contribution in [0.3, 0.4) is 0 Å². The average molecular weight is 661 g/mol. The Morgan fingerprint density at radius 3 is 2.32 bits per heavy atom. The van der Waals surface area contributed by atoms with E-state index in [-0.39, 0.29) is 5.91 Å². The molecule has 0 aliphatic carbocycles. The number of carbonyl (C=O) groups is 1. The largest absolute Gasteiger partial charge is 0.487 e. The van der Waals surface area contributed by atoms with Gasteiger partial charge in [-0.05, 0) is 92.7 Å². The van der Waals surface area contributed by atoms with Gasteiger partial charge in [-0.2, -0.15) is 5.10 Å². The molecule has 0 radical (unpaired) electrons. The molecule has 0 saturated heterocycles. The molecule has 3 aromatic carbocycles. The lowest BCUT2D eigenvalue weighted by Gasteiger charge is -2.11. The summed E-state index contributed by atoms with van der Waals surface area (Å²) >= 11 is 7.85. The van der Waals surface area contributed by atoms with Gasteiger partial charge in [-0.15, -0.1) is 0 Å². The van der Waals surface area contributed by atoms with Gasteiger partial charge in [-0.3, -0.25) is 4.79 Å². The number of rotatable bonds is 6. The van der Waals surface area contributed by atoms with Gasteiger partial charge in [0.2, 0.25) is 0 Å². The predicted molar refractivity (Wildman–Crippen MR) is 132 cm³/mol. The van der Waals surface area contributed by atoms with Crippen LogP contribution in [0.15, 0.2) is 76.3 Å². The summed E-state index contributed by atoms with van der Waals surface area (Å²) in [7, 11) is 0. The van der Waals surface area contributed by atoms with Crippen molar-refractivity contribution in [2.45, 2.75) is 6.61 Å². The summed E-state index contributed by atoms with van der Waals surface area (Å²) in [5, 5.41) is 4.06. The zero-order valence-electron chi connectivity index (χ0n) is 14.5. The predicted octanol–water partition coefficient (Wildman–Crippen LogP) is 6.00. The number of halogens is 3. The van der Waals surface area contributed by atoms with Gasteiger partial charge in [-0.25, -0.2) is 5.43 Å². The fraction of sp³-hybridized carbons (Fsp3) is 0.0476. The molecule has 28 heavy (non-hydrogen) atoms. The van der Waals surface area contributed by atoms with E-state index in [9.17, 15) is 4.79 Å². The molecular formula is C21H15BrI2N2O2. The van der Waals surface area contributed by atoms with Crippen molar-refractivity contribution in [2.75, 3.05) is 0 Å². The van der Waals surface area contributed by atoms with Crippen molar-refractivity contribution in [3.8, 4) is 5.75 Å². The zero-order valence-corrected chi connectivity index (χ0v) is 20.4.